The van der Waals surface area contributed by atoms with Gasteiger partial charge in [-0.15, -0.1) is 0 Å². The van der Waals surface area contributed by atoms with Crippen LogP contribution in [0.15, 0.2) is 36.4 Å². The predicted octanol–water partition coefficient (Wildman–Crippen LogP) is 4.64. The van der Waals surface area contributed by atoms with E-state index >= 15 is 0 Å². The number of anilines is 1. The van der Waals surface area contributed by atoms with Gasteiger partial charge >= 0.3 is 5.97 Å². The number of carbonyl (C=O) groups is 1. The lowest BCUT2D eigenvalue weighted by atomic mass is 10.1. The molecule has 0 aliphatic rings. The van der Waals surface area contributed by atoms with Gasteiger partial charge in [0.15, 0.2) is 5.60 Å². The third kappa shape index (κ3) is 4.45. The van der Waals surface area contributed by atoms with Crippen LogP contribution in [-0.4, -0.2) is 18.2 Å². The molecule has 0 radical (unpaired) electrons. The molecular weight excluding hydrogens is 332 g/mol. The van der Waals surface area contributed by atoms with Gasteiger partial charge in [0.05, 0.1) is 13.2 Å². The van der Waals surface area contributed by atoms with E-state index in [0.29, 0.717) is 35.2 Å². The van der Waals surface area contributed by atoms with E-state index in [1.807, 2.05) is 6.92 Å². The number of aryl methyl sites for hydroxylation is 1. The lowest BCUT2D eigenvalue weighted by molar-refractivity contribution is -0.158. The molecule has 0 atom stereocenters. The maximum atomic E-state index is 12.0. The standard InChI is InChI=1S/C20H22N2O4/c1-6-24-19(23)20(3,4)26-18-10-8-14(11-13(18)2)25-15-7-9-16(21)17(12-15)22-5/h7-12H,6,21H2,1-4H3. The molecule has 0 bridgehead atoms. The third-order valence-corrected chi connectivity index (χ3v) is 3.64. The number of nitrogens with zero attached hydrogens (tertiary/aromatic N) is 1. The highest BCUT2D eigenvalue weighted by molar-refractivity contribution is 5.79. The van der Waals surface area contributed by atoms with E-state index in [4.69, 9.17) is 26.5 Å². The summed E-state index contributed by atoms with van der Waals surface area (Å²) >= 11 is 0. The third-order valence-electron chi connectivity index (χ3n) is 3.64. The van der Waals surface area contributed by atoms with Crippen LogP contribution in [0.1, 0.15) is 26.3 Å². The fourth-order valence-corrected chi connectivity index (χ4v) is 2.24. The van der Waals surface area contributed by atoms with Gasteiger partial charge in [0, 0.05) is 5.69 Å². The van der Waals surface area contributed by atoms with Crippen LogP contribution in [-0.2, 0) is 9.53 Å². The summed E-state index contributed by atoms with van der Waals surface area (Å²) in [5, 5.41) is 0. The highest BCUT2D eigenvalue weighted by atomic mass is 16.6. The first kappa shape index (κ1) is 19.1. The molecule has 0 heterocycles. The molecule has 2 rings (SSSR count). The molecule has 136 valence electrons. The lowest BCUT2D eigenvalue weighted by Gasteiger charge is -2.25. The van der Waals surface area contributed by atoms with E-state index in [0.717, 1.165) is 5.56 Å². The molecule has 2 aromatic carbocycles. The summed E-state index contributed by atoms with van der Waals surface area (Å²) in [6, 6.07) is 10.2. The molecule has 0 aromatic heterocycles. The fourth-order valence-electron chi connectivity index (χ4n) is 2.24. The lowest BCUT2D eigenvalue weighted by Crippen LogP contribution is -2.39. The van der Waals surface area contributed by atoms with Crippen LogP contribution in [0.5, 0.6) is 17.2 Å². The number of nitrogens with two attached hydrogens (primary N) is 1. The molecule has 26 heavy (non-hydrogen) atoms. The smallest absolute Gasteiger partial charge is 0.349 e. The van der Waals surface area contributed by atoms with Gasteiger partial charge in [-0.05, 0) is 69.7 Å². The fraction of sp³-hybridized carbons (Fsp3) is 0.300. The van der Waals surface area contributed by atoms with Crippen LogP contribution < -0.4 is 15.2 Å². The van der Waals surface area contributed by atoms with Gasteiger partial charge < -0.3 is 19.9 Å². The number of benzene rings is 2. The van der Waals surface area contributed by atoms with Gasteiger partial charge in [-0.1, -0.05) is 0 Å². The van der Waals surface area contributed by atoms with Crippen molar-refractivity contribution in [2.75, 3.05) is 12.3 Å². The van der Waals surface area contributed by atoms with Crippen molar-refractivity contribution in [2.24, 2.45) is 0 Å². The molecule has 0 aliphatic heterocycles. The molecule has 0 saturated carbocycles. The Morgan fingerprint density at radius 3 is 2.46 bits per heavy atom. The Morgan fingerprint density at radius 2 is 1.85 bits per heavy atom. The van der Waals surface area contributed by atoms with Crippen molar-refractivity contribution in [1.82, 2.24) is 0 Å². The highest BCUT2D eigenvalue weighted by Gasteiger charge is 2.32. The Balaban J connectivity index is 2.17. The summed E-state index contributed by atoms with van der Waals surface area (Å²) in [5.41, 5.74) is 6.19. The van der Waals surface area contributed by atoms with Crippen molar-refractivity contribution in [1.29, 1.82) is 0 Å². The van der Waals surface area contributed by atoms with Crippen LogP contribution in [0.2, 0.25) is 0 Å². The normalized spacial score (nSPS) is 10.7. The number of rotatable bonds is 6. The SMILES string of the molecule is [C-]#[N+]c1cc(Oc2ccc(OC(C)(C)C(=O)OCC)c(C)c2)ccc1N. The summed E-state index contributed by atoms with van der Waals surface area (Å²) < 4.78 is 16.6. The van der Waals surface area contributed by atoms with Gasteiger partial charge in [0.2, 0.25) is 5.69 Å². The topological polar surface area (TPSA) is 75.1 Å². The minimum atomic E-state index is -1.09. The summed E-state index contributed by atoms with van der Waals surface area (Å²) in [6.07, 6.45) is 0. The van der Waals surface area contributed by atoms with Gasteiger partial charge in [-0.2, -0.15) is 0 Å². The van der Waals surface area contributed by atoms with Gasteiger partial charge in [0.1, 0.15) is 17.2 Å². The van der Waals surface area contributed by atoms with Crippen molar-refractivity contribution in [3.63, 3.8) is 0 Å². The molecular formula is C20H22N2O4. The van der Waals surface area contributed by atoms with E-state index in [-0.39, 0.29) is 0 Å². The molecule has 0 aliphatic carbocycles. The van der Waals surface area contributed by atoms with E-state index in [2.05, 4.69) is 4.85 Å². The first-order valence-electron chi connectivity index (χ1n) is 8.18. The predicted molar refractivity (Wildman–Crippen MR) is 99.7 cm³/mol. The zero-order valence-electron chi connectivity index (χ0n) is 15.3. The van der Waals surface area contributed by atoms with Gasteiger partial charge in [0.25, 0.3) is 0 Å². The quantitative estimate of drug-likeness (QED) is 0.465. The number of esters is 1. The summed E-state index contributed by atoms with van der Waals surface area (Å²) in [7, 11) is 0. The van der Waals surface area contributed by atoms with Crippen molar-refractivity contribution < 1.29 is 19.0 Å². The minimum Gasteiger partial charge on any atom is -0.476 e. The number of hydrogen-bond acceptors (Lipinski definition) is 5. The van der Waals surface area contributed by atoms with Crippen LogP contribution in [0, 0.1) is 13.5 Å². The number of hydrogen-bond donors (Lipinski definition) is 1. The van der Waals surface area contributed by atoms with E-state index in [1.165, 1.54) is 0 Å². The monoisotopic (exact) mass is 354 g/mol. The maximum Gasteiger partial charge on any atom is 0.349 e. The summed E-state index contributed by atoms with van der Waals surface area (Å²) in [5.74, 6) is 1.25. The molecule has 0 amide bonds. The Kier molecular flexibility index (Phi) is 5.73. The molecule has 6 heteroatoms. The minimum absolute atomic E-state index is 0.297. The number of ether oxygens (including phenoxy) is 3. The average molecular weight is 354 g/mol. The second-order valence-corrected chi connectivity index (χ2v) is 6.19. The molecule has 0 spiro atoms. The van der Waals surface area contributed by atoms with Crippen LogP contribution >= 0.6 is 0 Å². The molecule has 2 N–H and O–H groups in total. The van der Waals surface area contributed by atoms with Crippen LogP contribution in [0.25, 0.3) is 4.85 Å². The van der Waals surface area contributed by atoms with E-state index in [9.17, 15) is 4.79 Å². The number of nitrogen functional groups attached to an aromatic ring is 1. The van der Waals surface area contributed by atoms with Crippen molar-refractivity contribution in [3.05, 3.63) is 53.4 Å². The van der Waals surface area contributed by atoms with E-state index in [1.54, 1.807) is 57.2 Å². The Bertz CT molecular complexity index is 853. The Morgan fingerprint density at radius 1 is 1.19 bits per heavy atom. The molecule has 2 aromatic rings. The molecule has 0 fully saturated rings. The van der Waals surface area contributed by atoms with Crippen molar-refractivity contribution in [2.45, 2.75) is 33.3 Å². The Hall–Kier alpha value is -3.20. The van der Waals surface area contributed by atoms with Crippen LogP contribution in [0.4, 0.5) is 11.4 Å². The van der Waals surface area contributed by atoms with Gasteiger partial charge in [-0.3, -0.25) is 0 Å². The van der Waals surface area contributed by atoms with Crippen molar-refractivity contribution in [3.8, 4) is 17.2 Å². The van der Waals surface area contributed by atoms with Crippen molar-refractivity contribution >= 4 is 17.3 Å². The average Bonchev–Trinajstić information content (AvgIpc) is 2.59. The first-order chi connectivity index (χ1) is 12.3. The second kappa shape index (κ2) is 7.79. The maximum absolute atomic E-state index is 12.0. The van der Waals surface area contributed by atoms with E-state index < -0.39 is 11.6 Å². The second-order valence-electron chi connectivity index (χ2n) is 6.19. The molecule has 0 saturated heterocycles. The first-order valence-corrected chi connectivity index (χ1v) is 8.18. The summed E-state index contributed by atoms with van der Waals surface area (Å²) in [4.78, 5) is 15.3. The highest BCUT2D eigenvalue weighted by Crippen LogP contribution is 2.33. The summed E-state index contributed by atoms with van der Waals surface area (Å²) in [6.45, 7) is 14.3. The van der Waals surface area contributed by atoms with Gasteiger partial charge in [-0.25, -0.2) is 9.64 Å². The largest absolute Gasteiger partial charge is 0.476 e. The zero-order valence-corrected chi connectivity index (χ0v) is 15.3. The zero-order chi connectivity index (χ0) is 19.3. The molecule has 0 unspecified atom stereocenters. The molecule has 6 nitrogen and oxygen atoms in total. The van der Waals surface area contributed by atoms with Crippen LogP contribution in [0.3, 0.4) is 0 Å². The number of carbonyl (C=O) groups excluding carboxylic acids is 1. The Labute approximate surface area is 153 Å².